The van der Waals surface area contributed by atoms with Gasteiger partial charge in [0.25, 0.3) is 5.91 Å². The smallest absolute Gasteiger partial charge is 0.369 e. The van der Waals surface area contributed by atoms with Gasteiger partial charge in [-0.3, -0.25) is 20.1 Å². The number of nitrogens with one attached hydrogen (secondary N) is 2. The van der Waals surface area contributed by atoms with Crippen LogP contribution in [0, 0.1) is 0 Å². The number of rotatable bonds is 4. The van der Waals surface area contributed by atoms with Crippen molar-refractivity contribution in [2.24, 2.45) is 10.7 Å². The molecule has 0 saturated carbocycles. The minimum Gasteiger partial charge on any atom is -0.369 e. The van der Waals surface area contributed by atoms with E-state index in [0.29, 0.717) is 37.7 Å². The highest BCUT2D eigenvalue weighted by molar-refractivity contribution is 6.13. The van der Waals surface area contributed by atoms with E-state index >= 15 is 0 Å². The molecule has 0 aliphatic carbocycles. The van der Waals surface area contributed by atoms with Crippen LogP contribution in [0.5, 0.6) is 0 Å². The van der Waals surface area contributed by atoms with E-state index < -0.39 is 11.7 Å². The predicted octanol–water partition coefficient (Wildman–Crippen LogP) is 1.32. The van der Waals surface area contributed by atoms with Gasteiger partial charge in [0.05, 0.1) is 17.5 Å². The first-order valence-electron chi connectivity index (χ1n) is 9.62. The Morgan fingerprint density at radius 1 is 1.29 bits per heavy atom. The molecule has 164 valence electrons. The first kappa shape index (κ1) is 20.8. The highest BCUT2D eigenvalue weighted by Crippen LogP contribution is 2.30. The zero-order valence-electron chi connectivity index (χ0n) is 16.6. The van der Waals surface area contributed by atoms with E-state index in [4.69, 9.17) is 5.73 Å². The summed E-state index contributed by atoms with van der Waals surface area (Å²) in [5.41, 5.74) is 6.53. The third-order valence-electron chi connectivity index (χ3n) is 5.22. The standard InChI is InChI=1S/C19H21F3N8O/c1-11-9-29(4-5-30(11)16-3-2-13(8-24-16)19(20,21)22)10-12-7-25-28-14(12)6-15-17(31)27-18(23)26-15/h2-3,6-8,11H,4-5,9-10H2,1H3,(H,25,28)(H3,23,26,27,31)/t11-/m1/s1. The highest BCUT2D eigenvalue weighted by Gasteiger charge is 2.32. The molecule has 2 aromatic heterocycles. The van der Waals surface area contributed by atoms with Gasteiger partial charge in [-0.1, -0.05) is 0 Å². The van der Waals surface area contributed by atoms with Crippen LogP contribution in [-0.4, -0.2) is 57.6 Å². The Labute approximate surface area is 175 Å². The molecule has 1 amide bonds. The first-order valence-corrected chi connectivity index (χ1v) is 9.62. The second-order valence-corrected chi connectivity index (χ2v) is 7.47. The number of carbonyl (C=O) groups is 1. The van der Waals surface area contributed by atoms with Crippen molar-refractivity contribution in [2.45, 2.75) is 25.7 Å². The van der Waals surface area contributed by atoms with Gasteiger partial charge in [0.1, 0.15) is 11.5 Å². The first-order chi connectivity index (χ1) is 14.7. The predicted molar refractivity (Wildman–Crippen MR) is 108 cm³/mol. The van der Waals surface area contributed by atoms with Gasteiger partial charge in [-0.05, 0) is 25.1 Å². The van der Waals surface area contributed by atoms with Gasteiger partial charge in [-0.2, -0.15) is 18.3 Å². The summed E-state index contributed by atoms with van der Waals surface area (Å²) in [6.45, 7) is 4.60. The fraction of sp³-hybridized carbons (Fsp3) is 0.368. The normalized spacial score (nSPS) is 21.5. The quantitative estimate of drug-likeness (QED) is 0.626. The van der Waals surface area contributed by atoms with Crippen molar-refractivity contribution in [3.8, 4) is 0 Å². The van der Waals surface area contributed by atoms with Crippen LogP contribution in [0.2, 0.25) is 0 Å². The summed E-state index contributed by atoms with van der Waals surface area (Å²) in [5, 5.41) is 9.35. The van der Waals surface area contributed by atoms with Crippen LogP contribution in [0.25, 0.3) is 6.08 Å². The topological polar surface area (TPSA) is 116 Å². The van der Waals surface area contributed by atoms with Gasteiger partial charge in [0.2, 0.25) is 5.96 Å². The van der Waals surface area contributed by atoms with E-state index in [9.17, 15) is 18.0 Å². The number of alkyl halides is 3. The van der Waals surface area contributed by atoms with Crippen molar-refractivity contribution >= 4 is 23.8 Å². The molecule has 12 heteroatoms. The number of hydrogen-bond donors (Lipinski definition) is 3. The van der Waals surface area contributed by atoms with Crippen molar-refractivity contribution in [1.29, 1.82) is 0 Å². The van der Waals surface area contributed by atoms with Crippen molar-refractivity contribution in [3.63, 3.8) is 0 Å². The maximum absolute atomic E-state index is 12.8. The Balaban J connectivity index is 1.41. The Bertz CT molecular complexity index is 1030. The minimum absolute atomic E-state index is 0.0525. The van der Waals surface area contributed by atoms with E-state index in [0.717, 1.165) is 17.8 Å². The van der Waals surface area contributed by atoms with Gasteiger partial charge < -0.3 is 10.6 Å². The SMILES string of the molecule is C[C@@H]1CN(Cc2cn[nH]c2C=C2N=C(N)NC2=O)CCN1c1ccc(C(F)(F)F)cn1. The molecule has 0 bridgehead atoms. The summed E-state index contributed by atoms with van der Waals surface area (Å²) in [6.07, 6.45) is -0.234. The lowest BCUT2D eigenvalue weighted by atomic mass is 10.1. The second kappa shape index (κ2) is 8.02. The number of aliphatic imine (C=N–C) groups is 1. The van der Waals surface area contributed by atoms with E-state index in [1.165, 1.54) is 6.07 Å². The van der Waals surface area contributed by atoms with Gasteiger partial charge in [-0.15, -0.1) is 0 Å². The Hall–Kier alpha value is -3.41. The van der Waals surface area contributed by atoms with Gasteiger partial charge in [-0.25, -0.2) is 9.98 Å². The van der Waals surface area contributed by atoms with Gasteiger partial charge in [0, 0.05) is 44.0 Å². The summed E-state index contributed by atoms with van der Waals surface area (Å²) >= 11 is 0. The number of nitrogens with two attached hydrogens (primary N) is 1. The van der Waals surface area contributed by atoms with E-state index in [2.05, 4.69) is 30.4 Å². The lowest BCUT2D eigenvalue weighted by Crippen LogP contribution is -2.51. The molecule has 4 N–H and O–H groups in total. The number of carbonyl (C=O) groups excluding carboxylic acids is 1. The van der Waals surface area contributed by atoms with E-state index in [-0.39, 0.29) is 23.6 Å². The lowest BCUT2D eigenvalue weighted by molar-refractivity contribution is -0.137. The average molecular weight is 434 g/mol. The van der Waals surface area contributed by atoms with Crippen LogP contribution >= 0.6 is 0 Å². The molecule has 0 radical (unpaired) electrons. The summed E-state index contributed by atoms with van der Waals surface area (Å²) < 4.78 is 38.3. The molecule has 0 spiro atoms. The minimum atomic E-state index is -4.40. The molecular formula is C19H21F3N8O. The third-order valence-corrected chi connectivity index (χ3v) is 5.22. The van der Waals surface area contributed by atoms with Gasteiger partial charge >= 0.3 is 6.18 Å². The lowest BCUT2D eigenvalue weighted by Gasteiger charge is -2.40. The molecule has 2 aliphatic rings. The molecule has 2 aromatic rings. The molecule has 4 heterocycles. The molecule has 0 aromatic carbocycles. The number of hydrogen-bond acceptors (Lipinski definition) is 7. The zero-order chi connectivity index (χ0) is 22.2. The van der Waals surface area contributed by atoms with Crippen LogP contribution in [0.3, 0.4) is 0 Å². The Morgan fingerprint density at radius 3 is 2.71 bits per heavy atom. The van der Waals surface area contributed by atoms with Gasteiger partial charge in [0.15, 0.2) is 0 Å². The monoisotopic (exact) mass is 434 g/mol. The summed E-state index contributed by atoms with van der Waals surface area (Å²) in [4.78, 5) is 24.0. The van der Waals surface area contributed by atoms with Crippen molar-refractivity contribution in [3.05, 3.63) is 47.0 Å². The molecule has 0 unspecified atom stereocenters. The van der Waals surface area contributed by atoms with E-state index in [1.54, 1.807) is 12.3 Å². The second-order valence-electron chi connectivity index (χ2n) is 7.47. The maximum atomic E-state index is 12.8. The Kier molecular flexibility index (Phi) is 5.39. The maximum Gasteiger partial charge on any atom is 0.417 e. The van der Waals surface area contributed by atoms with Crippen LogP contribution in [-0.2, 0) is 17.5 Å². The number of anilines is 1. The number of pyridine rings is 1. The summed E-state index contributed by atoms with van der Waals surface area (Å²) in [5.74, 6) is 0.208. The zero-order valence-corrected chi connectivity index (χ0v) is 16.6. The van der Waals surface area contributed by atoms with E-state index in [1.807, 2.05) is 11.8 Å². The van der Waals surface area contributed by atoms with Crippen molar-refractivity contribution in [1.82, 2.24) is 25.4 Å². The molecular weight excluding hydrogens is 413 g/mol. The largest absolute Gasteiger partial charge is 0.417 e. The van der Waals surface area contributed by atoms with Crippen LogP contribution in [0.4, 0.5) is 19.0 Å². The third kappa shape index (κ3) is 4.53. The van der Waals surface area contributed by atoms with Crippen LogP contribution in [0.1, 0.15) is 23.7 Å². The highest BCUT2D eigenvalue weighted by atomic mass is 19.4. The fourth-order valence-electron chi connectivity index (χ4n) is 3.68. The number of piperazine rings is 1. The molecule has 31 heavy (non-hydrogen) atoms. The average Bonchev–Trinajstić information content (AvgIpc) is 3.27. The number of guanidine groups is 1. The number of halogens is 3. The summed E-state index contributed by atoms with van der Waals surface area (Å²) in [7, 11) is 0. The van der Waals surface area contributed by atoms with Crippen molar-refractivity contribution in [2.75, 3.05) is 24.5 Å². The van der Waals surface area contributed by atoms with Crippen LogP contribution < -0.4 is 16.0 Å². The molecule has 1 saturated heterocycles. The molecule has 4 rings (SSSR count). The molecule has 2 aliphatic heterocycles. The van der Waals surface area contributed by atoms with Crippen LogP contribution in [0.15, 0.2) is 35.2 Å². The van der Waals surface area contributed by atoms with Crippen molar-refractivity contribution < 1.29 is 18.0 Å². The molecule has 9 nitrogen and oxygen atoms in total. The number of aromatic nitrogens is 3. The Morgan fingerprint density at radius 2 is 2.10 bits per heavy atom. The fourth-order valence-corrected chi connectivity index (χ4v) is 3.68. The number of nitrogens with zero attached hydrogens (tertiary/aromatic N) is 5. The molecule has 1 atom stereocenters. The number of amides is 1. The molecule has 1 fully saturated rings. The summed E-state index contributed by atoms with van der Waals surface area (Å²) in [6, 6.07) is 2.52. The number of aromatic amines is 1. The number of H-pyrrole nitrogens is 1.